The normalized spacial score (nSPS) is 11.5. The fourth-order valence-corrected chi connectivity index (χ4v) is 1.44. The van der Waals surface area contributed by atoms with Gasteiger partial charge in [0, 0.05) is 18.1 Å². The Kier molecular flexibility index (Phi) is 2.02. The number of imidazole rings is 1. The van der Waals surface area contributed by atoms with Crippen molar-refractivity contribution in [3.05, 3.63) is 29.3 Å². The van der Waals surface area contributed by atoms with Crippen molar-refractivity contribution in [2.75, 3.05) is 0 Å². The highest BCUT2D eigenvalue weighted by molar-refractivity contribution is 5.36. The van der Waals surface area contributed by atoms with Crippen LogP contribution in [0.5, 0.6) is 0 Å². The first-order valence-electron chi connectivity index (χ1n) is 4.91. The van der Waals surface area contributed by atoms with Gasteiger partial charge >= 0.3 is 0 Å². The average Bonchev–Trinajstić information content (AvgIpc) is 2.56. The number of rotatable bonds is 1. The molecule has 0 saturated carbocycles. The maximum Gasteiger partial charge on any atom is 0.234 e. The van der Waals surface area contributed by atoms with E-state index in [-0.39, 0.29) is 0 Å². The summed E-state index contributed by atoms with van der Waals surface area (Å²) in [7, 11) is 0. The second kappa shape index (κ2) is 3.08. The molecule has 0 saturated heterocycles. The van der Waals surface area contributed by atoms with E-state index in [1.54, 1.807) is 0 Å². The van der Waals surface area contributed by atoms with Crippen molar-refractivity contribution in [3.8, 4) is 0 Å². The molecule has 0 unspecified atom stereocenters. The van der Waals surface area contributed by atoms with Crippen molar-refractivity contribution in [2.45, 2.75) is 33.6 Å². The van der Waals surface area contributed by atoms with Crippen LogP contribution in [-0.2, 0) is 0 Å². The number of fused-ring (bicyclic) bond motifs is 1. The van der Waals surface area contributed by atoms with Crippen LogP contribution in [0.15, 0.2) is 12.4 Å². The van der Waals surface area contributed by atoms with Crippen LogP contribution in [-0.4, -0.2) is 14.4 Å². The molecule has 0 fully saturated rings. The van der Waals surface area contributed by atoms with Gasteiger partial charge in [0.25, 0.3) is 0 Å². The van der Waals surface area contributed by atoms with Crippen LogP contribution in [0.1, 0.15) is 36.7 Å². The highest BCUT2D eigenvalue weighted by atomic mass is 15.1. The largest absolute Gasteiger partial charge is 0.288 e. The molecule has 3 heteroatoms. The van der Waals surface area contributed by atoms with Crippen molar-refractivity contribution >= 4 is 5.78 Å². The first kappa shape index (κ1) is 9.19. The van der Waals surface area contributed by atoms with E-state index < -0.39 is 0 Å². The van der Waals surface area contributed by atoms with Crippen LogP contribution in [0.3, 0.4) is 0 Å². The molecule has 0 aliphatic rings. The summed E-state index contributed by atoms with van der Waals surface area (Å²) in [6, 6.07) is 0. The van der Waals surface area contributed by atoms with Crippen LogP contribution in [0.2, 0.25) is 0 Å². The van der Waals surface area contributed by atoms with Gasteiger partial charge in [-0.05, 0) is 25.3 Å². The number of aromatic nitrogens is 3. The molecule has 0 aliphatic carbocycles. The Morgan fingerprint density at radius 1 is 1.29 bits per heavy atom. The van der Waals surface area contributed by atoms with Crippen molar-refractivity contribution in [1.29, 1.82) is 0 Å². The minimum Gasteiger partial charge on any atom is -0.288 e. The van der Waals surface area contributed by atoms with Crippen LogP contribution in [0, 0.1) is 13.8 Å². The Bertz CT molecular complexity index is 469. The molecule has 0 bridgehead atoms. The van der Waals surface area contributed by atoms with Crippen LogP contribution in [0.25, 0.3) is 5.78 Å². The number of aryl methyl sites for hydroxylation is 2. The zero-order valence-electron chi connectivity index (χ0n) is 9.07. The summed E-state index contributed by atoms with van der Waals surface area (Å²) in [5.74, 6) is 1.26. The minimum atomic E-state index is 0.455. The van der Waals surface area contributed by atoms with Gasteiger partial charge < -0.3 is 0 Å². The fraction of sp³-hybridized carbons (Fsp3) is 0.455. The average molecular weight is 189 g/mol. The van der Waals surface area contributed by atoms with E-state index in [0.717, 1.165) is 11.5 Å². The molecule has 0 N–H and O–H groups in total. The summed E-state index contributed by atoms with van der Waals surface area (Å²) < 4.78 is 2.06. The Labute approximate surface area is 83.8 Å². The molecule has 0 spiro atoms. The zero-order chi connectivity index (χ0) is 10.3. The quantitative estimate of drug-likeness (QED) is 0.689. The van der Waals surface area contributed by atoms with Crippen molar-refractivity contribution in [1.82, 2.24) is 14.4 Å². The van der Waals surface area contributed by atoms with Gasteiger partial charge in [-0.3, -0.25) is 4.40 Å². The van der Waals surface area contributed by atoms with E-state index in [1.807, 2.05) is 6.20 Å². The van der Waals surface area contributed by atoms with Crippen molar-refractivity contribution < 1.29 is 0 Å². The summed E-state index contributed by atoms with van der Waals surface area (Å²) in [5, 5.41) is 0. The molecule has 2 aromatic heterocycles. The van der Waals surface area contributed by atoms with E-state index in [0.29, 0.717) is 5.92 Å². The topological polar surface area (TPSA) is 30.2 Å². The SMILES string of the molecule is Cc1cnc2nc(C(C)C)cn2c1C. The molecule has 0 aromatic carbocycles. The fourth-order valence-electron chi connectivity index (χ4n) is 1.44. The van der Waals surface area contributed by atoms with E-state index in [1.165, 1.54) is 11.3 Å². The van der Waals surface area contributed by atoms with Crippen molar-refractivity contribution in [2.24, 2.45) is 0 Å². The first-order chi connectivity index (χ1) is 6.59. The standard InChI is InChI=1S/C11H15N3/c1-7(2)10-6-14-9(4)8(3)5-12-11(14)13-10/h5-7H,1-4H3. The Hall–Kier alpha value is -1.38. The third-order valence-electron chi connectivity index (χ3n) is 2.60. The van der Waals surface area contributed by atoms with Crippen LogP contribution >= 0.6 is 0 Å². The van der Waals surface area contributed by atoms with E-state index >= 15 is 0 Å². The van der Waals surface area contributed by atoms with Gasteiger partial charge in [-0.15, -0.1) is 0 Å². The van der Waals surface area contributed by atoms with Crippen molar-refractivity contribution in [3.63, 3.8) is 0 Å². The third kappa shape index (κ3) is 1.29. The molecule has 2 rings (SSSR count). The lowest BCUT2D eigenvalue weighted by molar-refractivity contribution is 0.833. The Morgan fingerprint density at radius 2 is 2.00 bits per heavy atom. The van der Waals surface area contributed by atoms with Gasteiger partial charge in [0.15, 0.2) is 0 Å². The summed E-state index contributed by atoms with van der Waals surface area (Å²) >= 11 is 0. The van der Waals surface area contributed by atoms with Gasteiger partial charge in [-0.2, -0.15) is 0 Å². The number of hydrogen-bond donors (Lipinski definition) is 0. The maximum absolute atomic E-state index is 4.47. The first-order valence-corrected chi connectivity index (χ1v) is 4.91. The summed E-state index contributed by atoms with van der Waals surface area (Å²) in [6.07, 6.45) is 3.96. The monoisotopic (exact) mass is 189 g/mol. The third-order valence-corrected chi connectivity index (χ3v) is 2.60. The lowest BCUT2D eigenvalue weighted by Crippen LogP contribution is -1.95. The van der Waals surface area contributed by atoms with E-state index in [2.05, 4.69) is 48.3 Å². The molecule has 0 amide bonds. The molecule has 2 aromatic rings. The lowest BCUT2D eigenvalue weighted by atomic mass is 10.2. The second-order valence-corrected chi connectivity index (χ2v) is 4.02. The molecule has 3 nitrogen and oxygen atoms in total. The Morgan fingerprint density at radius 3 is 2.64 bits per heavy atom. The van der Waals surface area contributed by atoms with Gasteiger partial charge in [0.05, 0.1) is 5.69 Å². The highest BCUT2D eigenvalue weighted by Crippen LogP contribution is 2.15. The molecule has 0 radical (unpaired) electrons. The molecule has 0 aliphatic heterocycles. The maximum atomic E-state index is 4.47. The van der Waals surface area contributed by atoms with Gasteiger partial charge in [0.1, 0.15) is 0 Å². The number of nitrogens with zero attached hydrogens (tertiary/aromatic N) is 3. The molecule has 74 valence electrons. The minimum absolute atomic E-state index is 0.455. The highest BCUT2D eigenvalue weighted by Gasteiger charge is 2.08. The van der Waals surface area contributed by atoms with Crippen LogP contribution in [0.4, 0.5) is 0 Å². The molecule has 14 heavy (non-hydrogen) atoms. The zero-order valence-corrected chi connectivity index (χ0v) is 9.07. The predicted octanol–water partition coefficient (Wildman–Crippen LogP) is 2.47. The van der Waals surface area contributed by atoms with E-state index in [4.69, 9.17) is 0 Å². The summed E-state index contributed by atoms with van der Waals surface area (Å²) in [4.78, 5) is 8.76. The van der Waals surface area contributed by atoms with Crippen LogP contribution < -0.4 is 0 Å². The predicted molar refractivity (Wildman–Crippen MR) is 56.6 cm³/mol. The van der Waals surface area contributed by atoms with Gasteiger partial charge in [-0.25, -0.2) is 9.97 Å². The molecule has 0 atom stereocenters. The Balaban J connectivity index is 2.71. The smallest absolute Gasteiger partial charge is 0.234 e. The van der Waals surface area contributed by atoms with Gasteiger partial charge in [0.2, 0.25) is 5.78 Å². The molecular formula is C11H15N3. The lowest BCUT2D eigenvalue weighted by Gasteiger charge is -2.01. The summed E-state index contributed by atoms with van der Waals surface area (Å²) in [6.45, 7) is 8.44. The number of hydrogen-bond acceptors (Lipinski definition) is 2. The van der Waals surface area contributed by atoms with Gasteiger partial charge in [-0.1, -0.05) is 13.8 Å². The summed E-state index contributed by atoms with van der Waals surface area (Å²) in [5.41, 5.74) is 3.52. The van der Waals surface area contributed by atoms with E-state index in [9.17, 15) is 0 Å². The molecule has 2 heterocycles. The second-order valence-electron chi connectivity index (χ2n) is 4.02. The molecular weight excluding hydrogens is 174 g/mol.